The van der Waals surface area contributed by atoms with Gasteiger partial charge in [0.1, 0.15) is 0 Å². The van der Waals surface area contributed by atoms with E-state index in [2.05, 4.69) is 25.1 Å². The quantitative estimate of drug-likeness (QED) is 0.675. The molecule has 0 radical (unpaired) electrons. The van der Waals surface area contributed by atoms with E-state index in [0.29, 0.717) is 0 Å². The minimum atomic E-state index is 0.141. The van der Waals surface area contributed by atoms with Crippen molar-refractivity contribution < 1.29 is 4.79 Å². The molecule has 0 saturated heterocycles. The maximum Gasteiger partial charge on any atom is 0.228 e. The summed E-state index contributed by atoms with van der Waals surface area (Å²) in [4.78, 5) is 11.8. The van der Waals surface area contributed by atoms with Crippen LogP contribution in [-0.4, -0.2) is 10.5 Å². The van der Waals surface area contributed by atoms with Crippen LogP contribution in [-0.2, 0) is 12.8 Å². The molecule has 2 aromatic rings. The summed E-state index contributed by atoms with van der Waals surface area (Å²) in [7, 11) is 0. The van der Waals surface area contributed by atoms with Crippen molar-refractivity contribution in [3.8, 4) is 0 Å². The highest BCUT2D eigenvalue weighted by Gasteiger charge is 2.21. The van der Waals surface area contributed by atoms with Crippen molar-refractivity contribution in [2.75, 3.05) is 0 Å². The summed E-state index contributed by atoms with van der Waals surface area (Å²) in [6.45, 7) is 3.77. The van der Waals surface area contributed by atoms with Gasteiger partial charge in [-0.3, -0.25) is 9.36 Å². The number of carbonyl (C=O) groups excluding carboxylic acids is 1. The molecule has 0 amide bonds. The Morgan fingerprint density at radius 1 is 1.24 bits per heavy atom. The normalized spacial score (nSPS) is 14.9. The molecule has 2 nitrogen and oxygen atoms in total. The number of hydrogen-bond acceptors (Lipinski definition) is 1. The SMILES string of the molecule is CC(=O)n1c2c(c3cc(C)ccc31)CCCC2. The van der Waals surface area contributed by atoms with Gasteiger partial charge in [0.2, 0.25) is 5.91 Å². The summed E-state index contributed by atoms with van der Waals surface area (Å²) in [6, 6.07) is 6.40. The third-order valence-corrected chi connectivity index (χ3v) is 3.74. The van der Waals surface area contributed by atoms with Crippen LogP contribution < -0.4 is 0 Å². The van der Waals surface area contributed by atoms with E-state index in [0.717, 1.165) is 18.4 Å². The number of fused-ring (bicyclic) bond motifs is 3. The van der Waals surface area contributed by atoms with Crippen molar-refractivity contribution in [2.24, 2.45) is 0 Å². The summed E-state index contributed by atoms with van der Waals surface area (Å²) in [5.41, 5.74) is 5.02. The van der Waals surface area contributed by atoms with E-state index in [9.17, 15) is 4.79 Å². The lowest BCUT2D eigenvalue weighted by atomic mass is 9.95. The fraction of sp³-hybridized carbons (Fsp3) is 0.400. The molecule has 88 valence electrons. The number of carbonyl (C=O) groups is 1. The maximum atomic E-state index is 11.8. The Morgan fingerprint density at radius 3 is 2.76 bits per heavy atom. The van der Waals surface area contributed by atoms with E-state index in [1.54, 1.807) is 6.92 Å². The Balaban J connectivity index is 2.41. The molecule has 1 aliphatic carbocycles. The lowest BCUT2D eigenvalue weighted by molar-refractivity contribution is 0.0938. The highest BCUT2D eigenvalue weighted by atomic mass is 16.1. The van der Waals surface area contributed by atoms with Crippen molar-refractivity contribution in [2.45, 2.75) is 39.5 Å². The molecule has 1 aliphatic rings. The first-order valence-electron chi connectivity index (χ1n) is 6.32. The zero-order valence-electron chi connectivity index (χ0n) is 10.4. The zero-order valence-corrected chi connectivity index (χ0v) is 10.4. The van der Waals surface area contributed by atoms with Crippen molar-refractivity contribution >= 4 is 16.8 Å². The summed E-state index contributed by atoms with van der Waals surface area (Å²) in [5.74, 6) is 0.141. The van der Waals surface area contributed by atoms with Crippen LogP contribution >= 0.6 is 0 Å². The van der Waals surface area contributed by atoms with E-state index < -0.39 is 0 Å². The molecule has 1 heterocycles. The molecular weight excluding hydrogens is 210 g/mol. The molecular formula is C15H17NO. The van der Waals surface area contributed by atoms with Crippen LogP contribution in [0.15, 0.2) is 18.2 Å². The van der Waals surface area contributed by atoms with Gasteiger partial charge >= 0.3 is 0 Å². The topological polar surface area (TPSA) is 22.0 Å². The highest BCUT2D eigenvalue weighted by molar-refractivity contribution is 5.95. The van der Waals surface area contributed by atoms with E-state index >= 15 is 0 Å². The van der Waals surface area contributed by atoms with Crippen LogP contribution in [0.4, 0.5) is 0 Å². The Kier molecular flexibility index (Phi) is 2.32. The fourth-order valence-electron chi connectivity index (χ4n) is 3.02. The van der Waals surface area contributed by atoms with Crippen molar-refractivity contribution in [1.29, 1.82) is 0 Å². The number of rotatable bonds is 0. The van der Waals surface area contributed by atoms with Gasteiger partial charge in [-0.25, -0.2) is 0 Å². The molecule has 17 heavy (non-hydrogen) atoms. The molecule has 1 aromatic heterocycles. The minimum absolute atomic E-state index is 0.141. The summed E-state index contributed by atoms with van der Waals surface area (Å²) >= 11 is 0. The molecule has 0 saturated carbocycles. The van der Waals surface area contributed by atoms with Crippen LogP contribution in [0.25, 0.3) is 10.9 Å². The van der Waals surface area contributed by atoms with Gasteiger partial charge < -0.3 is 0 Å². The van der Waals surface area contributed by atoms with Crippen LogP contribution in [0, 0.1) is 6.92 Å². The van der Waals surface area contributed by atoms with Gasteiger partial charge in [-0.1, -0.05) is 11.6 Å². The predicted octanol–water partition coefficient (Wildman–Crippen LogP) is 3.49. The summed E-state index contributed by atoms with van der Waals surface area (Å²) in [5, 5.41) is 1.29. The Labute approximate surface area is 101 Å². The standard InChI is InChI=1S/C15H17NO/c1-10-7-8-15-13(9-10)12-5-3-4-6-14(12)16(15)11(2)17/h7-9H,3-6H2,1-2H3. The Hall–Kier alpha value is -1.57. The first kappa shape index (κ1) is 10.6. The molecule has 0 atom stereocenters. The molecule has 0 bridgehead atoms. The number of benzene rings is 1. The van der Waals surface area contributed by atoms with Crippen molar-refractivity contribution in [3.05, 3.63) is 35.0 Å². The van der Waals surface area contributed by atoms with E-state index in [4.69, 9.17) is 0 Å². The van der Waals surface area contributed by atoms with Crippen LogP contribution in [0.2, 0.25) is 0 Å². The molecule has 0 N–H and O–H groups in total. The fourth-order valence-corrected chi connectivity index (χ4v) is 3.02. The molecule has 1 aromatic carbocycles. The van der Waals surface area contributed by atoms with Gasteiger partial charge in [-0.2, -0.15) is 0 Å². The maximum absolute atomic E-state index is 11.8. The Bertz CT molecular complexity index is 607. The monoisotopic (exact) mass is 227 g/mol. The second-order valence-electron chi connectivity index (χ2n) is 5.01. The average Bonchev–Trinajstić information content (AvgIpc) is 2.63. The van der Waals surface area contributed by atoms with E-state index in [1.165, 1.54) is 35.0 Å². The van der Waals surface area contributed by atoms with Crippen LogP contribution in [0.3, 0.4) is 0 Å². The first-order chi connectivity index (χ1) is 8.18. The summed E-state index contributed by atoms with van der Waals surface area (Å²) in [6.07, 6.45) is 4.62. The minimum Gasteiger partial charge on any atom is -0.284 e. The van der Waals surface area contributed by atoms with Gasteiger partial charge in [0.25, 0.3) is 0 Å². The second kappa shape index (κ2) is 3.73. The molecule has 0 aliphatic heterocycles. The number of aromatic nitrogens is 1. The van der Waals surface area contributed by atoms with Crippen LogP contribution in [0.5, 0.6) is 0 Å². The number of hydrogen-bond donors (Lipinski definition) is 0. The lowest BCUT2D eigenvalue weighted by Crippen LogP contribution is -2.12. The zero-order chi connectivity index (χ0) is 12.0. The summed E-state index contributed by atoms with van der Waals surface area (Å²) < 4.78 is 1.92. The second-order valence-corrected chi connectivity index (χ2v) is 5.01. The van der Waals surface area contributed by atoms with Gasteiger partial charge in [0, 0.05) is 18.0 Å². The first-order valence-corrected chi connectivity index (χ1v) is 6.32. The van der Waals surface area contributed by atoms with Gasteiger partial charge in [-0.05, 0) is 50.3 Å². The molecule has 0 spiro atoms. The molecule has 0 fully saturated rings. The van der Waals surface area contributed by atoms with Gasteiger partial charge in [0.05, 0.1) is 5.52 Å². The third kappa shape index (κ3) is 1.51. The number of nitrogens with zero attached hydrogens (tertiary/aromatic N) is 1. The molecule has 2 heteroatoms. The average molecular weight is 227 g/mol. The highest BCUT2D eigenvalue weighted by Crippen LogP contribution is 2.32. The van der Waals surface area contributed by atoms with Crippen molar-refractivity contribution in [1.82, 2.24) is 4.57 Å². The largest absolute Gasteiger partial charge is 0.284 e. The predicted molar refractivity (Wildman–Crippen MR) is 69.6 cm³/mol. The van der Waals surface area contributed by atoms with Gasteiger partial charge in [-0.15, -0.1) is 0 Å². The van der Waals surface area contributed by atoms with E-state index in [1.807, 2.05) is 4.57 Å². The van der Waals surface area contributed by atoms with Crippen LogP contribution in [0.1, 0.15) is 41.4 Å². The molecule has 0 unspecified atom stereocenters. The molecule has 3 rings (SSSR count). The van der Waals surface area contributed by atoms with Gasteiger partial charge in [0.15, 0.2) is 0 Å². The van der Waals surface area contributed by atoms with Crippen molar-refractivity contribution in [3.63, 3.8) is 0 Å². The van der Waals surface area contributed by atoms with E-state index in [-0.39, 0.29) is 5.91 Å². The lowest BCUT2D eigenvalue weighted by Gasteiger charge is -2.13. The smallest absolute Gasteiger partial charge is 0.228 e. The Morgan fingerprint density at radius 2 is 2.00 bits per heavy atom. The third-order valence-electron chi connectivity index (χ3n) is 3.74. The number of aryl methyl sites for hydroxylation is 2.